The highest BCUT2D eigenvalue weighted by Gasteiger charge is 2.39. The van der Waals surface area contributed by atoms with Crippen molar-refractivity contribution in [3.63, 3.8) is 0 Å². The second-order valence-electron chi connectivity index (χ2n) is 21.7. The molecule has 0 bridgehead atoms. The number of rotatable bonds is 32. The van der Waals surface area contributed by atoms with Crippen LogP contribution in [0.1, 0.15) is 104 Å². The van der Waals surface area contributed by atoms with Crippen molar-refractivity contribution in [1.29, 1.82) is 0 Å². The summed E-state index contributed by atoms with van der Waals surface area (Å²) in [5, 5.41) is 144. The van der Waals surface area contributed by atoms with Gasteiger partial charge in [0.25, 0.3) is 0 Å². The van der Waals surface area contributed by atoms with Crippen molar-refractivity contribution in [2.45, 2.75) is 60.5 Å². The van der Waals surface area contributed by atoms with E-state index in [-0.39, 0.29) is 93.3 Å². The third-order valence-electron chi connectivity index (χ3n) is 16.4. The summed E-state index contributed by atoms with van der Waals surface area (Å²) in [5.74, 6) is -2.07. The third-order valence-corrected chi connectivity index (χ3v) is 16.4. The molecule has 0 saturated heterocycles. The molecule has 0 amide bonds. The average Bonchev–Trinajstić information content (AvgIpc) is 1.74. The number of hydrogen-bond acceptors (Lipinski definition) is 23. The number of phenolic OH excluding ortho intramolecular Hbond substituents is 2. The second kappa shape index (κ2) is 32.2. The van der Waals surface area contributed by atoms with Crippen LogP contribution in [0, 0.1) is 0 Å². The Kier molecular flexibility index (Phi) is 24.2. The maximum atomic E-state index is 12.3. The molecule has 0 radical (unpaired) electrons. The first kappa shape index (κ1) is 70.1. The van der Waals surface area contributed by atoms with Crippen LogP contribution in [0.3, 0.4) is 0 Å². The van der Waals surface area contributed by atoms with Gasteiger partial charge in [0.05, 0.1) is 114 Å². The van der Waals surface area contributed by atoms with Crippen molar-refractivity contribution < 1.29 is 114 Å². The Balaban J connectivity index is 1.03. The number of methoxy groups -OCH3 is 7. The van der Waals surface area contributed by atoms with Crippen molar-refractivity contribution in [3.8, 4) is 80.1 Å². The molecule has 10 atom stereocenters. The van der Waals surface area contributed by atoms with Crippen LogP contribution in [0.25, 0.3) is 23.3 Å². The summed E-state index contributed by atoms with van der Waals surface area (Å²) in [6.07, 6.45) is -2.88. The Morgan fingerprint density at radius 2 is 0.839 bits per heavy atom. The zero-order valence-electron chi connectivity index (χ0n) is 52.3. The molecule has 1 heterocycles. The van der Waals surface area contributed by atoms with Gasteiger partial charge in [-0.1, -0.05) is 60.7 Å². The van der Waals surface area contributed by atoms with Crippen LogP contribution in [0.2, 0.25) is 0 Å². The Morgan fingerprint density at radius 3 is 1.35 bits per heavy atom. The maximum Gasteiger partial charge on any atom is 0.165 e. The first-order valence-electron chi connectivity index (χ1n) is 29.5. The van der Waals surface area contributed by atoms with Crippen LogP contribution < -0.4 is 47.4 Å². The topological polar surface area (TPSA) is 355 Å². The molecule has 23 nitrogen and oxygen atoms in total. The molecule has 0 fully saturated rings. The number of aromatic hydroxyl groups is 2. The van der Waals surface area contributed by atoms with E-state index < -0.39 is 98.4 Å². The van der Waals surface area contributed by atoms with Gasteiger partial charge < -0.3 is 114 Å². The largest absolute Gasteiger partial charge is 0.504 e. The zero-order chi connectivity index (χ0) is 67.2. The van der Waals surface area contributed by atoms with Crippen molar-refractivity contribution in [1.82, 2.24) is 0 Å². The molecule has 10 unspecified atom stereocenters. The number of benzene rings is 7. The van der Waals surface area contributed by atoms with Gasteiger partial charge in [-0.05, 0) is 112 Å². The summed E-state index contributed by atoms with van der Waals surface area (Å²) in [4.78, 5) is 0. The molecule has 7 aromatic carbocycles. The van der Waals surface area contributed by atoms with Gasteiger partial charge in [-0.3, -0.25) is 0 Å². The Labute approximate surface area is 537 Å². The number of ether oxygens (including phenoxy) is 10. The number of aliphatic hydroxyl groups excluding tert-OH is 11. The average molecular weight is 1290 g/mol. The van der Waals surface area contributed by atoms with Crippen LogP contribution in [-0.4, -0.2) is 175 Å². The van der Waals surface area contributed by atoms with Gasteiger partial charge in [-0.15, -0.1) is 0 Å². The SMILES string of the molecule is COc1cc(/C=C/CO)ccc1OC(CO)C(O)c1ccc(OC(CO)C(O)c2cc(OC)c(O)c(-c3cc(C(O)C(CO)c4ccc(C(O)C(CO)c5ccc(C6Oc7c(OC)cc(/C=C/CO)cc7C6CO)cc5OC)cc4OC)cc(OC)c3O)c2)c(OC)c1. The van der Waals surface area contributed by atoms with E-state index in [9.17, 15) is 66.4 Å². The normalized spacial score (nSPS) is 16.3. The second-order valence-corrected chi connectivity index (χ2v) is 21.7. The predicted molar refractivity (Wildman–Crippen MR) is 341 cm³/mol. The van der Waals surface area contributed by atoms with E-state index in [2.05, 4.69) is 0 Å². The summed E-state index contributed by atoms with van der Waals surface area (Å²) < 4.78 is 58.1. The lowest BCUT2D eigenvalue weighted by Gasteiger charge is -2.28. The molecule has 0 aliphatic carbocycles. The first-order chi connectivity index (χ1) is 45.0. The molecule has 1 aliphatic heterocycles. The summed E-state index contributed by atoms with van der Waals surface area (Å²) in [7, 11) is 9.60. The molecule has 8 rings (SSSR count). The van der Waals surface area contributed by atoms with E-state index in [1.165, 1.54) is 98.3 Å². The lowest BCUT2D eigenvalue weighted by atomic mass is 9.84. The number of fused-ring (bicyclic) bond motifs is 1. The number of hydrogen-bond donors (Lipinski definition) is 13. The van der Waals surface area contributed by atoms with Gasteiger partial charge >= 0.3 is 0 Å². The van der Waals surface area contributed by atoms with Gasteiger partial charge in [0.15, 0.2) is 69.7 Å². The summed E-state index contributed by atoms with van der Waals surface area (Å²) in [6.45, 7) is -3.23. The zero-order valence-corrected chi connectivity index (χ0v) is 52.3. The van der Waals surface area contributed by atoms with E-state index in [1.54, 1.807) is 78.9 Å². The Bertz CT molecular complexity index is 3720. The van der Waals surface area contributed by atoms with Gasteiger partial charge in [-0.2, -0.15) is 0 Å². The highest BCUT2D eigenvalue weighted by molar-refractivity contribution is 5.81. The van der Waals surface area contributed by atoms with Crippen LogP contribution in [-0.2, 0) is 0 Å². The third kappa shape index (κ3) is 15.0. The minimum atomic E-state index is -1.69. The van der Waals surface area contributed by atoms with Gasteiger partial charge in [0.2, 0.25) is 0 Å². The molecular formula is C70H80O23. The van der Waals surface area contributed by atoms with E-state index in [1.807, 2.05) is 6.07 Å². The maximum absolute atomic E-state index is 12.3. The Hall–Kier alpha value is -8.82. The van der Waals surface area contributed by atoms with Crippen molar-refractivity contribution >= 4 is 12.2 Å². The van der Waals surface area contributed by atoms with E-state index >= 15 is 0 Å². The fraction of sp³-hybridized carbons (Fsp3) is 0.343. The van der Waals surface area contributed by atoms with Crippen LogP contribution in [0.4, 0.5) is 0 Å². The number of aliphatic hydroxyl groups is 11. The van der Waals surface area contributed by atoms with Gasteiger partial charge in [0.1, 0.15) is 29.8 Å². The van der Waals surface area contributed by atoms with Gasteiger partial charge in [0, 0.05) is 39.7 Å². The molecule has 13 N–H and O–H groups in total. The molecule has 93 heavy (non-hydrogen) atoms. The standard InChI is InChI=1S/C70H80O23/c1-84-54-27-39(63(78)49(32-73)45-17-14-41(29-55(45)85-2)69-51(34-75)48-22-38(11-9-21-72)24-60(90-7)70(48)93-69)13-16-44(54)50(33-74)64(79)42-25-46(67(82)58(30-42)88-5)47-26-43(31-59(89-6)68(47)83)66(81)62(36-77)92-53-19-15-40(28-57(53)87-4)65(80)61(35-76)91-52-18-12-37(10-8-20-71)23-56(52)86-3/h8-19,22-31,49-51,61-66,69,71-83H,20-21,32-36H2,1-7H3/b10-8+,11-9+. The molecule has 498 valence electrons. The van der Waals surface area contributed by atoms with Crippen LogP contribution in [0.15, 0.2) is 121 Å². The van der Waals surface area contributed by atoms with E-state index in [4.69, 9.17) is 47.4 Å². The fourth-order valence-electron chi connectivity index (χ4n) is 11.5. The summed E-state index contributed by atoms with van der Waals surface area (Å²) in [5.41, 5.74) is 3.84. The summed E-state index contributed by atoms with van der Waals surface area (Å²) >= 11 is 0. The van der Waals surface area contributed by atoms with Crippen molar-refractivity contribution in [2.24, 2.45) is 0 Å². The molecule has 23 heteroatoms. The molecule has 0 spiro atoms. The molecule has 0 aromatic heterocycles. The molecule has 0 saturated carbocycles. The quantitative estimate of drug-likeness (QED) is 0.0211. The van der Waals surface area contributed by atoms with Crippen LogP contribution in [0.5, 0.6) is 69.0 Å². The fourth-order valence-corrected chi connectivity index (χ4v) is 11.5. The predicted octanol–water partition coefficient (Wildman–Crippen LogP) is 6.61. The lowest BCUT2D eigenvalue weighted by molar-refractivity contribution is -0.00266. The van der Waals surface area contributed by atoms with Crippen LogP contribution >= 0.6 is 0 Å². The first-order valence-corrected chi connectivity index (χ1v) is 29.5. The minimum absolute atomic E-state index is 0.00916. The molecular weight excluding hydrogens is 1210 g/mol. The summed E-state index contributed by atoms with van der Waals surface area (Å²) in [6, 6.07) is 28.0. The highest BCUT2D eigenvalue weighted by atomic mass is 16.6. The van der Waals surface area contributed by atoms with E-state index in [0.29, 0.717) is 45.3 Å². The van der Waals surface area contributed by atoms with Gasteiger partial charge in [-0.25, -0.2) is 0 Å². The van der Waals surface area contributed by atoms with Crippen molar-refractivity contribution in [2.75, 3.05) is 96.0 Å². The highest BCUT2D eigenvalue weighted by Crippen LogP contribution is 2.53. The van der Waals surface area contributed by atoms with Crippen molar-refractivity contribution in [3.05, 3.63) is 177 Å². The molecule has 7 aromatic rings. The Morgan fingerprint density at radius 1 is 0.409 bits per heavy atom. The monoisotopic (exact) mass is 1290 g/mol. The minimum Gasteiger partial charge on any atom is -0.504 e. The number of phenols is 2. The lowest BCUT2D eigenvalue weighted by Crippen LogP contribution is -2.30. The molecule has 1 aliphatic rings. The van der Waals surface area contributed by atoms with E-state index in [0.717, 1.165) is 5.56 Å². The smallest absolute Gasteiger partial charge is 0.165 e.